The molecule has 0 aliphatic carbocycles. The molecule has 0 aliphatic heterocycles. The minimum absolute atomic E-state index is 0.102. The molecule has 0 saturated heterocycles. The smallest absolute Gasteiger partial charge is 0.279 e. The number of nitrogens with zero attached hydrogens (tertiary/aromatic N) is 2. The van der Waals surface area contributed by atoms with E-state index in [1.807, 2.05) is 5.38 Å². The molecule has 0 atom stereocenters. The van der Waals surface area contributed by atoms with E-state index in [4.69, 9.17) is 0 Å². The van der Waals surface area contributed by atoms with Gasteiger partial charge in [-0.2, -0.15) is 0 Å². The Morgan fingerprint density at radius 3 is 2.95 bits per heavy atom. The number of rotatable bonds is 6. The number of benzene rings is 1. The zero-order valence-electron chi connectivity index (χ0n) is 10.6. The molecule has 0 fully saturated rings. The maximum Gasteiger partial charge on any atom is 0.279 e. The molecule has 0 unspecified atom stereocenters. The highest BCUT2D eigenvalue weighted by Gasteiger charge is 2.16. The molecule has 1 aromatic heterocycles. The fourth-order valence-electron chi connectivity index (χ4n) is 1.72. The van der Waals surface area contributed by atoms with Gasteiger partial charge in [-0.3, -0.25) is 10.1 Å². The first-order valence-corrected chi connectivity index (χ1v) is 6.99. The summed E-state index contributed by atoms with van der Waals surface area (Å²) in [5, 5.41) is 16.9. The summed E-state index contributed by atoms with van der Waals surface area (Å²) in [6, 6.07) is 6.70. The Kier molecular flexibility index (Phi) is 4.59. The van der Waals surface area contributed by atoms with Crippen molar-refractivity contribution in [1.29, 1.82) is 0 Å². The molecule has 1 N–H and O–H groups in total. The van der Waals surface area contributed by atoms with Crippen molar-refractivity contribution in [1.82, 2.24) is 10.3 Å². The molecule has 0 amide bonds. The van der Waals surface area contributed by atoms with Gasteiger partial charge in [0.2, 0.25) is 0 Å². The van der Waals surface area contributed by atoms with Crippen LogP contribution in [0.5, 0.6) is 0 Å². The van der Waals surface area contributed by atoms with E-state index in [9.17, 15) is 10.1 Å². The van der Waals surface area contributed by atoms with E-state index in [0.717, 1.165) is 18.7 Å². The molecule has 0 bridgehead atoms. The van der Waals surface area contributed by atoms with Crippen molar-refractivity contribution < 1.29 is 4.92 Å². The van der Waals surface area contributed by atoms with E-state index in [1.54, 1.807) is 18.2 Å². The predicted molar refractivity (Wildman–Crippen MR) is 76.2 cm³/mol. The largest absolute Gasteiger partial charge is 0.311 e. The van der Waals surface area contributed by atoms with Crippen LogP contribution in [-0.2, 0) is 6.54 Å². The lowest BCUT2D eigenvalue weighted by Crippen LogP contribution is -2.13. The third-order valence-corrected chi connectivity index (χ3v) is 3.54. The van der Waals surface area contributed by atoms with Gasteiger partial charge in [0, 0.05) is 18.0 Å². The maximum absolute atomic E-state index is 11.0. The van der Waals surface area contributed by atoms with Gasteiger partial charge in [-0.25, -0.2) is 4.98 Å². The van der Waals surface area contributed by atoms with Crippen LogP contribution in [0.25, 0.3) is 10.6 Å². The van der Waals surface area contributed by atoms with Crippen molar-refractivity contribution in [3.05, 3.63) is 45.5 Å². The number of nitro benzene ring substituents is 1. The van der Waals surface area contributed by atoms with Crippen molar-refractivity contribution in [2.45, 2.75) is 19.9 Å². The molecule has 0 aliphatic rings. The highest BCUT2D eigenvalue weighted by molar-refractivity contribution is 7.13. The first kappa shape index (κ1) is 13.6. The summed E-state index contributed by atoms with van der Waals surface area (Å²) in [5.74, 6) is 0. The number of hydrogen-bond acceptors (Lipinski definition) is 5. The van der Waals surface area contributed by atoms with Gasteiger partial charge in [0.05, 0.1) is 16.2 Å². The number of nitro groups is 1. The van der Waals surface area contributed by atoms with Crippen LogP contribution in [0.15, 0.2) is 29.6 Å². The fourth-order valence-corrected chi connectivity index (χ4v) is 2.57. The summed E-state index contributed by atoms with van der Waals surface area (Å²) in [6.07, 6.45) is 1.07. The highest BCUT2D eigenvalue weighted by atomic mass is 32.1. The van der Waals surface area contributed by atoms with Crippen LogP contribution in [0.2, 0.25) is 0 Å². The van der Waals surface area contributed by atoms with Crippen molar-refractivity contribution in [2.24, 2.45) is 0 Å². The predicted octanol–water partition coefficient (Wildman–Crippen LogP) is 3.22. The van der Waals surface area contributed by atoms with Crippen LogP contribution in [0.1, 0.15) is 19.0 Å². The second-order valence-corrected chi connectivity index (χ2v) is 4.95. The molecule has 0 spiro atoms. The van der Waals surface area contributed by atoms with Gasteiger partial charge in [-0.05, 0) is 19.0 Å². The van der Waals surface area contributed by atoms with Crippen LogP contribution in [0.4, 0.5) is 5.69 Å². The third-order valence-electron chi connectivity index (χ3n) is 2.62. The van der Waals surface area contributed by atoms with E-state index in [1.165, 1.54) is 17.4 Å². The molecule has 0 radical (unpaired) electrons. The number of hydrogen-bond donors (Lipinski definition) is 1. The highest BCUT2D eigenvalue weighted by Crippen LogP contribution is 2.31. The second kappa shape index (κ2) is 6.40. The molecule has 100 valence electrons. The Morgan fingerprint density at radius 2 is 2.21 bits per heavy atom. The van der Waals surface area contributed by atoms with Crippen molar-refractivity contribution >= 4 is 17.0 Å². The summed E-state index contributed by atoms with van der Waals surface area (Å²) >= 11 is 1.44. The first-order chi connectivity index (χ1) is 9.22. The van der Waals surface area contributed by atoms with Crippen molar-refractivity contribution in [2.75, 3.05) is 6.54 Å². The normalized spacial score (nSPS) is 10.6. The van der Waals surface area contributed by atoms with Gasteiger partial charge >= 0.3 is 0 Å². The average Bonchev–Trinajstić information content (AvgIpc) is 2.88. The Hall–Kier alpha value is -1.79. The number of nitrogens with one attached hydrogen (secondary N) is 1. The second-order valence-electron chi connectivity index (χ2n) is 4.10. The van der Waals surface area contributed by atoms with Crippen molar-refractivity contribution in [3.63, 3.8) is 0 Å². The minimum atomic E-state index is -0.369. The summed E-state index contributed by atoms with van der Waals surface area (Å²) in [4.78, 5) is 15.1. The lowest BCUT2D eigenvalue weighted by atomic mass is 10.2. The summed E-state index contributed by atoms with van der Waals surface area (Å²) in [6.45, 7) is 3.75. The van der Waals surface area contributed by atoms with Gasteiger partial charge in [0.15, 0.2) is 0 Å². The van der Waals surface area contributed by atoms with Crippen molar-refractivity contribution in [3.8, 4) is 10.6 Å². The first-order valence-electron chi connectivity index (χ1n) is 6.11. The van der Waals surface area contributed by atoms with E-state index in [-0.39, 0.29) is 10.6 Å². The van der Waals surface area contributed by atoms with Crippen LogP contribution < -0.4 is 5.32 Å². The minimum Gasteiger partial charge on any atom is -0.311 e. The fraction of sp³-hybridized carbons (Fsp3) is 0.308. The van der Waals surface area contributed by atoms with Crippen LogP contribution >= 0.6 is 11.3 Å². The Bertz CT molecular complexity index is 569. The van der Waals surface area contributed by atoms with Crippen LogP contribution in [0, 0.1) is 10.1 Å². The standard InChI is InChI=1S/C13H15N3O2S/c1-2-7-14-8-10-9-19-13(15-10)11-5-3-4-6-12(11)16(17)18/h3-6,9,14H,2,7-8H2,1H3. The molecule has 0 saturated carbocycles. The third kappa shape index (κ3) is 3.36. The van der Waals surface area contributed by atoms with Gasteiger partial charge in [0.1, 0.15) is 5.01 Å². The van der Waals surface area contributed by atoms with E-state index in [0.29, 0.717) is 17.1 Å². The molecule has 19 heavy (non-hydrogen) atoms. The number of thiazole rings is 1. The molecule has 1 heterocycles. The lowest BCUT2D eigenvalue weighted by Gasteiger charge is -1.99. The maximum atomic E-state index is 11.0. The van der Waals surface area contributed by atoms with Gasteiger partial charge in [-0.1, -0.05) is 19.1 Å². The number of aromatic nitrogens is 1. The summed E-state index contributed by atoms with van der Waals surface area (Å²) in [5.41, 5.74) is 1.61. The van der Waals surface area contributed by atoms with E-state index >= 15 is 0 Å². The topological polar surface area (TPSA) is 68.1 Å². The molecule has 1 aromatic carbocycles. The molecule has 2 aromatic rings. The summed E-state index contributed by atoms with van der Waals surface area (Å²) in [7, 11) is 0. The Labute approximate surface area is 115 Å². The SMILES string of the molecule is CCCNCc1csc(-c2ccccc2[N+](=O)[O-])n1. The summed E-state index contributed by atoms with van der Waals surface area (Å²) < 4.78 is 0. The molecule has 2 rings (SSSR count). The zero-order valence-corrected chi connectivity index (χ0v) is 11.4. The molecular formula is C13H15N3O2S. The van der Waals surface area contributed by atoms with Crippen LogP contribution in [0.3, 0.4) is 0 Å². The Balaban J connectivity index is 2.21. The van der Waals surface area contributed by atoms with Gasteiger partial charge in [0.25, 0.3) is 5.69 Å². The van der Waals surface area contributed by atoms with E-state index < -0.39 is 0 Å². The van der Waals surface area contributed by atoms with E-state index in [2.05, 4.69) is 17.2 Å². The zero-order chi connectivity index (χ0) is 13.7. The lowest BCUT2D eigenvalue weighted by molar-refractivity contribution is -0.384. The molecular weight excluding hydrogens is 262 g/mol. The Morgan fingerprint density at radius 1 is 1.42 bits per heavy atom. The molecule has 5 nitrogen and oxygen atoms in total. The van der Waals surface area contributed by atoms with Crippen LogP contribution in [-0.4, -0.2) is 16.5 Å². The quantitative estimate of drug-likeness (QED) is 0.500. The molecule has 6 heteroatoms. The number of para-hydroxylation sites is 1. The van der Waals surface area contributed by atoms with Gasteiger partial charge in [-0.15, -0.1) is 11.3 Å². The van der Waals surface area contributed by atoms with Gasteiger partial charge < -0.3 is 5.32 Å². The average molecular weight is 277 g/mol. The monoisotopic (exact) mass is 277 g/mol.